The Kier molecular flexibility index (Phi) is 6.77. The van der Waals surface area contributed by atoms with E-state index in [-0.39, 0.29) is 23.3 Å². The molecule has 0 saturated carbocycles. The highest BCUT2D eigenvalue weighted by Gasteiger charge is 2.27. The average Bonchev–Trinajstić information content (AvgIpc) is 3.65. The van der Waals surface area contributed by atoms with E-state index in [1.54, 1.807) is 30.3 Å². The standard InChI is InChI=1S/C28H33N7O4/c1-14-20(30-15(2)24(14)34-26(37)19-7-6-10-29-19)12-18-17-9-8-16(11-21(17)32-25(18)36)31-27(38)33-23-13-22(39-35-23)28(3,4)5/h8-9,11-13,19,29-30H,6-7,10H2,1-5H3,(H,32,36)(H,34,37)(H2,31,33,35,38)/b18-12-/t19-/m0/s1. The molecule has 204 valence electrons. The lowest BCUT2D eigenvalue weighted by atomic mass is 9.93. The van der Waals surface area contributed by atoms with E-state index >= 15 is 0 Å². The molecule has 0 unspecified atom stereocenters. The molecule has 0 bridgehead atoms. The third kappa shape index (κ3) is 5.44. The summed E-state index contributed by atoms with van der Waals surface area (Å²) in [7, 11) is 0. The van der Waals surface area contributed by atoms with Crippen LogP contribution in [0.5, 0.6) is 0 Å². The zero-order chi connectivity index (χ0) is 27.9. The number of benzene rings is 1. The van der Waals surface area contributed by atoms with Crippen molar-refractivity contribution in [1.82, 2.24) is 15.5 Å². The Hall–Kier alpha value is -4.38. The van der Waals surface area contributed by atoms with Gasteiger partial charge in [-0.2, -0.15) is 0 Å². The van der Waals surface area contributed by atoms with Crippen LogP contribution in [0.1, 0.15) is 61.9 Å². The van der Waals surface area contributed by atoms with Crippen LogP contribution in [0.25, 0.3) is 11.6 Å². The molecule has 1 aromatic carbocycles. The first-order valence-electron chi connectivity index (χ1n) is 13.0. The Morgan fingerprint density at radius 1 is 1.13 bits per heavy atom. The van der Waals surface area contributed by atoms with Gasteiger partial charge in [-0.15, -0.1) is 0 Å². The van der Waals surface area contributed by atoms with Crippen molar-refractivity contribution >= 4 is 52.4 Å². The van der Waals surface area contributed by atoms with Gasteiger partial charge in [0.2, 0.25) is 5.91 Å². The highest BCUT2D eigenvalue weighted by Crippen LogP contribution is 2.36. The summed E-state index contributed by atoms with van der Waals surface area (Å²) in [5.41, 5.74) is 5.19. The summed E-state index contributed by atoms with van der Waals surface area (Å²) in [4.78, 5) is 41.3. The second-order valence-corrected chi connectivity index (χ2v) is 11.0. The minimum Gasteiger partial charge on any atom is -0.359 e. The van der Waals surface area contributed by atoms with Crippen LogP contribution >= 0.6 is 0 Å². The minimum atomic E-state index is -0.483. The minimum absolute atomic E-state index is 0.0527. The molecule has 1 atom stereocenters. The molecule has 6 N–H and O–H groups in total. The number of fused-ring (bicyclic) bond motifs is 1. The number of nitrogens with zero attached hydrogens (tertiary/aromatic N) is 1. The molecule has 2 aliphatic heterocycles. The Morgan fingerprint density at radius 2 is 1.92 bits per heavy atom. The summed E-state index contributed by atoms with van der Waals surface area (Å²) in [6.07, 6.45) is 3.58. The van der Waals surface area contributed by atoms with Gasteiger partial charge in [-0.3, -0.25) is 14.9 Å². The molecular formula is C28H33N7O4. The first kappa shape index (κ1) is 26.2. The summed E-state index contributed by atoms with van der Waals surface area (Å²) in [6, 6.07) is 6.22. The molecule has 11 heteroatoms. The summed E-state index contributed by atoms with van der Waals surface area (Å²) in [6.45, 7) is 10.6. The Morgan fingerprint density at radius 3 is 2.62 bits per heavy atom. The van der Waals surface area contributed by atoms with Gasteiger partial charge >= 0.3 is 6.03 Å². The number of hydrogen-bond donors (Lipinski definition) is 6. The molecule has 2 aliphatic rings. The number of carbonyl (C=O) groups excluding carboxylic acids is 3. The number of amides is 4. The lowest BCUT2D eigenvalue weighted by Gasteiger charge is -2.12. The smallest absolute Gasteiger partial charge is 0.324 e. The molecular weight excluding hydrogens is 498 g/mol. The fourth-order valence-corrected chi connectivity index (χ4v) is 4.75. The molecule has 0 aliphatic carbocycles. The van der Waals surface area contributed by atoms with E-state index in [1.807, 2.05) is 34.6 Å². The van der Waals surface area contributed by atoms with Crippen molar-refractivity contribution in [1.29, 1.82) is 0 Å². The summed E-state index contributed by atoms with van der Waals surface area (Å²) in [5.74, 6) is 0.661. The quantitative estimate of drug-likeness (QED) is 0.261. The van der Waals surface area contributed by atoms with Gasteiger partial charge in [0.05, 0.1) is 23.0 Å². The van der Waals surface area contributed by atoms with Gasteiger partial charge < -0.3 is 30.8 Å². The zero-order valence-electron chi connectivity index (χ0n) is 22.7. The molecule has 4 heterocycles. The number of rotatable bonds is 5. The SMILES string of the molecule is Cc1[nH]c(/C=C2\C(=O)Nc3cc(NC(=O)Nc4cc(C(C)(C)C)on4)ccc32)c(C)c1NC(=O)[C@@H]1CCCN1. The van der Waals surface area contributed by atoms with Crippen LogP contribution in [-0.4, -0.2) is 40.6 Å². The van der Waals surface area contributed by atoms with E-state index in [4.69, 9.17) is 4.52 Å². The van der Waals surface area contributed by atoms with Gasteiger partial charge in [-0.25, -0.2) is 4.79 Å². The van der Waals surface area contributed by atoms with Gasteiger partial charge in [0.1, 0.15) is 5.76 Å². The number of H-pyrrole nitrogens is 1. The average molecular weight is 532 g/mol. The third-order valence-corrected chi connectivity index (χ3v) is 6.94. The van der Waals surface area contributed by atoms with E-state index in [2.05, 4.69) is 36.7 Å². The first-order valence-corrected chi connectivity index (χ1v) is 13.0. The normalized spacial score (nSPS) is 17.7. The van der Waals surface area contributed by atoms with Crippen LogP contribution in [-0.2, 0) is 15.0 Å². The van der Waals surface area contributed by atoms with Crippen molar-refractivity contribution in [2.45, 2.75) is 58.9 Å². The van der Waals surface area contributed by atoms with Crippen molar-refractivity contribution in [2.24, 2.45) is 0 Å². The third-order valence-electron chi connectivity index (χ3n) is 6.94. The lowest BCUT2D eigenvalue weighted by Crippen LogP contribution is -2.35. The number of carbonyl (C=O) groups is 3. The van der Waals surface area contributed by atoms with Crippen molar-refractivity contribution in [2.75, 3.05) is 27.8 Å². The van der Waals surface area contributed by atoms with Crippen molar-refractivity contribution in [3.05, 3.63) is 52.5 Å². The number of aromatic nitrogens is 2. The number of urea groups is 1. The Bertz CT molecular complexity index is 1490. The Labute approximate surface area is 226 Å². The molecule has 3 aromatic rings. The number of nitrogens with one attached hydrogen (secondary N) is 6. The molecule has 4 amide bonds. The van der Waals surface area contributed by atoms with E-state index in [9.17, 15) is 14.4 Å². The van der Waals surface area contributed by atoms with Crippen LogP contribution < -0.4 is 26.6 Å². The summed E-state index contributed by atoms with van der Waals surface area (Å²) < 4.78 is 5.30. The van der Waals surface area contributed by atoms with Crippen molar-refractivity contribution in [3.8, 4) is 0 Å². The van der Waals surface area contributed by atoms with Gasteiger partial charge in [-0.05, 0) is 57.0 Å². The largest absolute Gasteiger partial charge is 0.359 e. The first-order chi connectivity index (χ1) is 18.5. The van der Waals surface area contributed by atoms with Gasteiger partial charge in [0, 0.05) is 34.1 Å². The fourth-order valence-electron chi connectivity index (χ4n) is 4.75. The summed E-state index contributed by atoms with van der Waals surface area (Å²) in [5, 5.41) is 18.4. The van der Waals surface area contributed by atoms with Crippen LogP contribution in [0.4, 0.5) is 27.7 Å². The van der Waals surface area contributed by atoms with E-state index < -0.39 is 6.03 Å². The molecule has 11 nitrogen and oxygen atoms in total. The highest BCUT2D eigenvalue weighted by atomic mass is 16.5. The monoisotopic (exact) mass is 531 g/mol. The van der Waals surface area contributed by atoms with Crippen LogP contribution in [0.15, 0.2) is 28.8 Å². The second kappa shape index (κ2) is 10.1. The van der Waals surface area contributed by atoms with Gasteiger partial charge in [0.25, 0.3) is 5.91 Å². The zero-order valence-corrected chi connectivity index (χ0v) is 22.7. The fraction of sp³-hybridized carbons (Fsp3) is 0.357. The van der Waals surface area contributed by atoms with E-state index in [0.717, 1.165) is 42.0 Å². The molecule has 0 radical (unpaired) electrons. The predicted octanol–water partition coefficient (Wildman–Crippen LogP) is 4.74. The maximum absolute atomic E-state index is 12.9. The van der Waals surface area contributed by atoms with Crippen molar-refractivity contribution < 1.29 is 18.9 Å². The van der Waals surface area contributed by atoms with E-state index in [0.29, 0.717) is 34.1 Å². The molecule has 1 saturated heterocycles. The maximum Gasteiger partial charge on any atom is 0.324 e. The second-order valence-electron chi connectivity index (χ2n) is 11.0. The molecule has 2 aromatic heterocycles. The number of aryl methyl sites for hydroxylation is 1. The van der Waals surface area contributed by atoms with Crippen LogP contribution in [0.2, 0.25) is 0 Å². The molecule has 5 rings (SSSR count). The van der Waals surface area contributed by atoms with Crippen LogP contribution in [0, 0.1) is 13.8 Å². The number of anilines is 4. The number of aromatic amines is 1. The maximum atomic E-state index is 12.9. The van der Waals surface area contributed by atoms with Crippen molar-refractivity contribution in [3.63, 3.8) is 0 Å². The lowest BCUT2D eigenvalue weighted by molar-refractivity contribution is -0.117. The van der Waals surface area contributed by atoms with Gasteiger partial charge in [0.15, 0.2) is 5.82 Å². The van der Waals surface area contributed by atoms with Crippen LogP contribution in [0.3, 0.4) is 0 Å². The predicted molar refractivity (Wildman–Crippen MR) is 151 cm³/mol. The highest BCUT2D eigenvalue weighted by molar-refractivity contribution is 6.35. The Balaban J connectivity index is 1.30. The van der Waals surface area contributed by atoms with Gasteiger partial charge in [-0.1, -0.05) is 32.0 Å². The molecule has 39 heavy (non-hydrogen) atoms. The summed E-state index contributed by atoms with van der Waals surface area (Å²) >= 11 is 0. The topological polar surface area (TPSA) is 153 Å². The molecule has 0 spiro atoms. The molecule has 1 fully saturated rings. The number of hydrogen-bond acceptors (Lipinski definition) is 6. The van der Waals surface area contributed by atoms with E-state index in [1.165, 1.54) is 0 Å².